The molecule has 1 aromatic heterocycles. The van der Waals surface area contributed by atoms with E-state index in [4.69, 9.17) is 14.2 Å². The molecule has 1 atom stereocenters. The van der Waals surface area contributed by atoms with E-state index in [1.807, 2.05) is 18.5 Å². The Hall–Kier alpha value is -3.18. The van der Waals surface area contributed by atoms with Gasteiger partial charge in [0.2, 0.25) is 5.76 Å². The molecule has 1 fully saturated rings. The topological polar surface area (TPSA) is 53.5 Å². The fraction of sp³-hybridized carbons (Fsp3) is 0.561. The van der Waals surface area contributed by atoms with Gasteiger partial charge in [0.15, 0.2) is 5.82 Å². The van der Waals surface area contributed by atoms with Gasteiger partial charge in [-0.15, -0.1) is 0 Å². The van der Waals surface area contributed by atoms with Gasteiger partial charge in [-0.25, -0.2) is 9.97 Å². The lowest BCUT2D eigenvalue weighted by Gasteiger charge is -2.16. The zero-order valence-corrected chi connectivity index (χ0v) is 28.3. The average molecular weight is 625 g/mol. The Labute approximate surface area is 278 Å². The van der Waals surface area contributed by atoms with Crippen LogP contribution in [-0.2, 0) is 27.1 Å². The van der Waals surface area contributed by atoms with Crippen LogP contribution in [0.4, 0.5) is 0 Å². The van der Waals surface area contributed by atoms with E-state index < -0.39 is 6.29 Å². The van der Waals surface area contributed by atoms with Crippen LogP contribution in [0.5, 0.6) is 0 Å². The maximum Gasteiger partial charge on any atom is 0.267 e. The predicted molar refractivity (Wildman–Crippen MR) is 188 cm³/mol. The van der Waals surface area contributed by atoms with Gasteiger partial charge in [-0.3, -0.25) is 0 Å². The summed E-state index contributed by atoms with van der Waals surface area (Å²) < 4.78 is 18.0. The van der Waals surface area contributed by atoms with Gasteiger partial charge >= 0.3 is 0 Å². The molecule has 248 valence electrons. The van der Waals surface area contributed by atoms with Crippen molar-refractivity contribution in [1.29, 1.82) is 0 Å². The predicted octanol–water partition coefficient (Wildman–Crippen LogP) is 11.2. The van der Waals surface area contributed by atoms with Crippen LogP contribution in [0.1, 0.15) is 138 Å². The number of rotatable bonds is 23. The number of nitrogens with zero attached hydrogens (tertiary/aromatic N) is 2. The van der Waals surface area contributed by atoms with Crippen molar-refractivity contribution < 1.29 is 14.2 Å². The van der Waals surface area contributed by atoms with Crippen molar-refractivity contribution in [2.75, 3.05) is 13.2 Å². The van der Waals surface area contributed by atoms with Crippen molar-refractivity contribution in [2.45, 2.75) is 129 Å². The highest BCUT2D eigenvalue weighted by Crippen LogP contribution is 2.35. The molecule has 5 rings (SSSR count). The minimum atomic E-state index is -0.478. The van der Waals surface area contributed by atoms with Crippen LogP contribution < -0.4 is 0 Å². The lowest BCUT2D eigenvalue weighted by Crippen LogP contribution is -2.05. The van der Waals surface area contributed by atoms with Gasteiger partial charge < -0.3 is 14.2 Å². The largest absolute Gasteiger partial charge is 0.454 e. The molecule has 0 spiro atoms. The van der Waals surface area contributed by atoms with Gasteiger partial charge in [0.1, 0.15) is 6.26 Å². The summed E-state index contributed by atoms with van der Waals surface area (Å²) in [5.41, 5.74) is 5.85. The lowest BCUT2D eigenvalue weighted by molar-refractivity contribution is -0.0181. The Morgan fingerprint density at radius 1 is 0.696 bits per heavy atom. The van der Waals surface area contributed by atoms with Gasteiger partial charge in [-0.05, 0) is 61.1 Å². The zero-order valence-electron chi connectivity index (χ0n) is 28.3. The van der Waals surface area contributed by atoms with Crippen molar-refractivity contribution >= 4 is 5.76 Å². The Morgan fingerprint density at radius 2 is 1.37 bits per heavy atom. The van der Waals surface area contributed by atoms with Gasteiger partial charge in [-0.1, -0.05) is 133 Å². The van der Waals surface area contributed by atoms with Crippen molar-refractivity contribution in [3.63, 3.8) is 0 Å². The van der Waals surface area contributed by atoms with Crippen molar-refractivity contribution in [2.24, 2.45) is 5.92 Å². The third kappa shape index (κ3) is 11.6. The first-order chi connectivity index (χ1) is 22.8. The van der Waals surface area contributed by atoms with Gasteiger partial charge in [0.25, 0.3) is 6.29 Å². The highest BCUT2D eigenvalue weighted by atomic mass is 16.7. The van der Waals surface area contributed by atoms with E-state index in [9.17, 15) is 0 Å². The molecule has 0 N–H and O–H groups in total. The standard InChI is InChI=1S/C41H56N2O3/c1-2-3-4-15-28-44-29-16-14-20-36-19-12-13-21-38(36)41-45-32-39(46-41)40-42-30-37(31-43-40)35-26-24-34(25-27-35)18-11-9-7-5-6-8-10-17-33-22-23-33/h12-13,19,21,24-27,30-33,41H,2-11,14-18,20,22-23,28-29H2,1H3. The smallest absolute Gasteiger partial charge is 0.267 e. The number of hydrogen-bond acceptors (Lipinski definition) is 5. The molecular weight excluding hydrogens is 568 g/mol. The van der Waals surface area contributed by atoms with E-state index in [0.717, 1.165) is 61.5 Å². The minimum Gasteiger partial charge on any atom is -0.454 e. The summed E-state index contributed by atoms with van der Waals surface area (Å²) in [6.07, 6.45) is 28.3. The Bertz CT molecular complexity index is 1300. The summed E-state index contributed by atoms with van der Waals surface area (Å²) in [5, 5.41) is 0. The lowest BCUT2D eigenvalue weighted by atomic mass is 10.0. The third-order valence-electron chi connectivity index (χ3n) is 9.40. The third-order valence-corrected chi connectivity index (χ3v) is 9.40. The van der Waals surface area contributed by atoms with Gasteiger partial charge in [0, 0.05) is 36.7 Å². The Morgan fingerprint density at radius 3 is 2.13 bits per heavy atom. The minimum absolute atomic E-state index is 0.478. The highest BCUT2D eigenvalue weighted by molar-refractivity contribution is 5.63. The van der Waals surface area contributed by atoms with Crippen LogP contribution >= 0.6 is 0 Å². The molecule has 1 aliphatic heterocycles. The summed E-state index contributed by atoms with van der Waals surface area (Å²) in [6.45, 7) is 3.94. The summed E-state index contributed by atoms with van der Waals surface area (Å²) in [4.78, 5) is 9.24. The van der Waals surface area contributed by atoms with Crippen LogP contribution in [0.2, 0.25) is 0 Å². The molecular formula is C41H56N2O3. The molecule has 3 aromatic rings. The quantitative estimate of drug-likeness (QED) is 0.0983. The number of aryl methyl sites for hydroxylation is 2. The second-order valence-corrected chi connectivity index (χ2v) is 13.3. The molecule has 46 heavy (non-hydrogen) atoms. The van der Waals surface area contributed by atoms with E-state index >= 15 is 0 Å². The normalized spacial score (nSPS) is 15.8. The number of aromatic nitrogens is 2. The summed E-state index contributed by atoms with van der Waals surface area (Å²) in [5.74, 6) is 2.20. The molecule has 0 saturated heterocycles. The molecule has 5 heteroatoms. The first-order valence-electron chi connectivity index (χ1n) is 18.4. The molecule has 1 aliphatic carbocycles. The van der Waals surface area contributed by atoms with E-state index in [0.29, 0.717) is 11.6 Å². The van der Waals surface area contributed by atoms with E-state index in [1.54, 1.807) is 6.26 Å². The molecule has 1 unspecified atom stereocenters. The molecule has 0 radical (unpaired) electrons. The van der Waals surface area contributed by atoms with Crippen LogP contribution in [0, 0.1) is 5.92 Å². The molecule has 2 aromatic carbocycles. The fourth-order valence-electron chi connectivity index (χ4n) is 6.30. The molecule has 0 amide bonds. The van der Waals surface area contributed by atoms with E-state index in [1.165, 1.54) is 101 Å². The Kier molecular flexibility index (Phi) is 14.5. The van der Waals surface area contributed by atoms with Crippen molar-refractivity contribution in [3.8, 4) is 11.1 Å². The fourth-order valence-corrected chi connectivity index (χ4v) is 6.30. The van der Waals surface area contributed by atoms with Crippen LogP contribution in [0.15, 0.2) is 67.2 Å². The maximum absolute atomic E-state index is 6.21. The maximum atomic E-state index is 6.21. The van der Waals surface area contributed by atoms with Crippen LogP contribution in [0.25, 0.3) is 16.9 Å². The molecule has 2 heterocycles. The SMILES string of the molecule is CCCCCCOCCCCc1ccccc1C1OC=C(c2ncc(-c3ccc(CCCCCCCCCC4CC4)cc3)cn2)O1. The molecule has 2 aliphatic rings. The monoisotopic (exact) mass is 624 g/mol. The van der Waals surface area contributed by atoms with Crippen LogP contribution in [0.3, 0.4) is 0 Å². The summed E-state index contributed by atoms with van der Waals surface area (Å²) >= 11 is 0. The van der Waals surface area contributed by atoms with Gasteiger partial charge in [0.05, 0.1) is 0 Å². The Balaban J connectivity index is 1.00. The van der Waals surface area contributed by atoms with Crippen molar-refractivity contribution in [3.05, 3.63) is 89.7 Å². The average Bonchev–Trinajstić information content (AvgIpc) is 3.80. The highest BCUT2D eigenvalue weighted by Gasteiger charge is 2.26. The molecule has 0 bridgehead atoms. The molecule has 5 nitrogen and oxygen atoms in total. The summed E-state index contributed by atoms with van der Waals surface area (Å²) in [6, 6.07) is 17.3. The first kappa shape index (κ1) is 34.2. The number of benzene rings is 2. The second kappa shape index (κ2) is 19.5. The number of unbranched alkanes of at least 4 members (excludes halogenated alkanes) is 10. The molecule has 1 saturated carbocycles. The number of ether oxygens (including phenoxy) is 3. The number of hydrogen-bond donors (Lipinski definition) is 0. The van der Waals surface area contributed by atoms with Crippen molar-refractivity contribution in [1.82, 2.24) is 9.97 Å². The van der Waals surface area contributed by atoms with E-state index in [2.05, 4.69) is 59.4 Å². The van der Waals surface area contributed by atoms with Crippen LogP contribution in [-0.4, -0.2) is 23.2 Å². The van der Waals surface area contributed by atoms with E-state index in [-0.39, 0.29) is 0 Å². The van der Waals surface area contributed by atoms with Gasteiger partial charge in [-0.2, -0.15) is 0 Å². The summed E-state index contributed by atoms with van der Waals surface area (Å²) in [7, 11) is 0. The first-order valence-corrected chi connectivity index (χ1v) is 18.4. The zero-order chi connectivity index (χ0) is 31.7. The second-order valence-electron chi connectivity index (χ2n) is 13.3.